The number of rotatable bonds is 4. The van der Waals surface area contributed by atoms with Gasteiger partial charge in [-0.3, -0.25) is 4.79 Å². The molecule has 1 saturated heterocycles. The van der Waals surface area contributed by atoms with Crippen LogP contribution in [-0.2, 0) is 4.74 Å². The zero-order chi connectivity index (χ0) is 15.6. The second kappa shape index (κ2) is 6.50. The zero-order valence-corrected chi connectivity index (χ0v) is 11.5. The van der Waals surface area contributed by atoms with Crippen LogP contribution in [0.5, 0.6) is 0 Å². The van der Waals surface area contributed by atoms with Crippen LogP contribution in [0, 0.1) is 0 Å². The third kappa shape index (κ3) is 3.39. The Morgan fingerprint density at radius 2 is 1.76 bits per heavy atom. The van der Waals surface area contributed by atoms with E-state index in [1.807, 2.05) is 0 Å². The van der Waals surface area contributed by atoms with Crippen molar-refractivity contribution in [2.24, 2.45) is 0 Å². The normalized spacial score (nSPS) is 32.7. The molecule has 1 fully saturated rings. The number of anilines is 1. The summed E-state index contributed by atoms with van der Waals surface area (Å²) in [4.78, 5) is 11.2. The first-order valence-electron chi connectivity index (χ1n) is 6.62. The van der Waals surface area contributed by atoms with E-state index in [1.165, 1.54) is 6.92 Å². The molecule has 1 aromatic carbocycles. The van der Waals surface area contributed by atoms with Crippen molar-refractivity contribution >= 4 is 11.5 Å². The molecule has 1 heterocycles. The molecule has 0 unspecified atom stereocenters. The molecule has 0 radical (unpaired) electrons. The van der Waals surface area contributed by atoms with E-state index in [0.29, 0.717) is 11.3 Å². The molecule has 0 aliphatic carbocycles. The summed E-state index contributed by atoms with van der Waals surface area (Å²) in [6.07, 6.45) is -6.11. The molecular weight excluding hydrogens is 278 g/mol. The minimum atomic E-state index is -1.43. The largest absolute Gasteiger partial charge is 0.394 e. The highest BCUT2D eigenvalue weighted by Gasteiger charge is 2.43. The summed E-state index contributed by atoms with van der Waals surface area (Å²) in [5, 5.41) is 41.2. The van der Waals surface area contributed by atoms with Gasteiger partial charge in [0.2, 0.25) is 0 Å². The van der Waals surface area contributed by atoms with Crippen molar-refractivity contribution in [1.82, 2.24) is 0 Å². The maximum absolute atomic E-state index is 11.2. The van der Waals surface area contributed by atoms with Crippen molar-refractivity contribution in [1.29, 1.82) is 0 Å². The zero-order valence-electron chi connectivity index (χ0n) is 11.5. The summed E-state index contributed by atoms with van der Waals surface area (Å²) < 4.78 is 5.32. The molecule has 1 aromatic rings. The Hall–Kier alpha value is -1.51. The van der Waals surface area contributed by atoms with E-state index in [4.69, 9.17) is 9.84 Å². The van der Waals surface area contributed by atoms with Crippen molar-refractivity contribution in [3.05, 3.63) is 29.8 Å². The molecular formula is C14H19NO6. The lowest BCUT2D eigenvalue weighted by Crippen LogP contribution is -2.60. The van der Waals surface area contributed by atoms with E-state index in [0.717, 1.165) is 0 Å². The number of carbonyl (C=O) groups excluding carboxylic acids is 1. The number of hydrogen-bond acceptors (Lipinski definition) is 7. The number of hydrogen-bond donors (Lipinski definition) is 5. The van der Waals surface area contributed by atoms with E-state index in [-0.39, 0.29) is 5.78 Å². The average molecular weight is 297 g/mol. The molecule has 116 valence electrons. The second-order valence-corrected chi connectivity index (χ2v) is 5.03. The molecule has 0 saturated carbocycles. The lowest BCUT2D eigenvalue weighted by molar-refractivity contribution is -0.221. The predicted octanol–water partition coefficient (Wildman–Crippen LogP) is -0.899. The van der Waals surface area contributed by atoms with Crippen LogP contribution in [0.4, 0.5) is 5.69 Å². The number of nitrogens with one attached hydrogen (secondary N) is 1. The van der Waals surface area contributed by atoms with Crippen LogP contribution in [0.1, 0.15) is 17.3 Å². The fourth-order valence-corrected chi connectivity index (χ4v) is 2.19. The third-order valence-corrected chi connectivity index (χ3v) is 3.49. The standard InChI is InChI=1S/C14H19NO6/c1-7(17)8-2-4-9(5-3-8)15-14-13(20)12(19)11(18)10(6-16)21-14/h2-5,10-16,18-20H,6H2,1H3/t10-,11+,12-,13+,14-/m1/s1. The Morgan fingerprint density at radius 3 is 2.29 bits per heavy atom. The quantitative estimate of drug-likeness (QED) is 0.457. The average Bonchev–Trinajstić information content (AvgIpc) is 2.48. The Balaban J connectivity index is 2.08. The highest BCUT2D eigenvalue weighted by molar-refractivity contribution is 5.94. The fraction of sp³-hybridized carbons (Fsp3) is 0.500. The molecule has 1 aliphatic rings. The van der Waals surface area contributed by atoms with E-state index in [1.54, 1.807) is 24.3 Å². The van der Waals surface area contributed by atoms with Crippen LogP contribution >= 0.6 is 0 Å². The van der Waals surface area contributed by atoms with Gasteiger partial charge in [-0.1, -0.05) is 0 Å². The molecule has 7 heteroatoms. The first kappa shape index (κ1) is 15.9. The number of aliphatic hydroxyl groups is 4. The number of ketones is 1. The second-order valence-electron chi connectivity index (χ2n) is 5.03. The number of aliphatic hydroxyl groups excluding tert-OH is 4. The van der Waals surface area contributed by atoms with Gasteiger partial charge < -0.3 is 30.5 Å². The lowest BCUT2D eigenvalue weighted by Gasteiger charge is -2.40. The van der Waals surface area contributed by atoms with Crippen LogP contribution in [0.25, 0.3) is 0 Å². The van der Waals surface area contributed by atoms with Crippen LogP contribution < -0.4 is 5.32 Å². The van der Waals surface area contributed by atoms with E-state index in [9.17, 15) is 20.1 Å². The van der Waals surface area contributed by atoms with Gasteiger partial charge in [0.15, 0.2) is 12.0 Å². The smallest absolute Gasteiger partial charge is 0.159 e. The molecule has 0 amide bonds. The summed E-state index contributed by atoms with van der Waals surface area (Å²) >= 11 is 0. The molecule has 5 N–H and O–H groups in total. The molecule has 2 rings (SSSR count). The highest BCUT2D eigenvalue weighted by atomic mass is 16.6. The van der Waals surface area contributed by atoms with Crippen molar-refractivity contribution in [2.45, 2.75) is 37.6 Å². The summed E-state index contributed by atoms with van der Waals surface area (Å²) in [7, 11) is 0. The molecule has 5 atom stereocenters. The van der Waals surface area contributed by atoms with Gasteiger partial charge >= 0.3 is 0 Å². The van der Waals surface area contributed by atoms with Crippen molar-refractivity contribution in [2.75, 3.05) is 11.9 Å². The molecule has 21 heavy (non-hydrogen) atoms. The van der Waals surface area contributed by atoms with Crippen LogP contribution in [-0.4, -0.2) is 63.5 Å². The first-order chi connectivity index (χ1) is 9.93. The molecule has 0 aromatic heterocycles. The van der Waals surface area contributed by atoms with Crippen molar-refractivity contribution in [3.63, 3.8) is 0 Å². The van der Waals surface area contributed by atoms with Gasteiger partial charge in [-0.05, 0) is 31.2 Å². The van der Waals surface area contributed by atoms with Gasteiger partial charge in [0.1, 0.15) is 24.4 Å². The number of Topliss-reactive ketones (excluding diaryl/α,β-unsaturated/α-hetero) is 1. The fourth-order valence-electron chi connectivity index (χ4n) is 2.19. The van der Waals surface area contributed by atoms with E-state index in [2.05, 4.69) is 5.32 Å². The SMILES string of the molecule is CC(=O)c1ccc(N[C@@H]2O[C@H](CO)[C@H](O)[C@@H](O)[C@@H]2O)cc1. The molecule has 1 aliphatic heterocycles. The van der Waals surface area contributed by atoms with Gasteiger partial charge in [0.05, 0.1) is 6.61 Å². The lowest BCUT2D eigenvalue weighted by atomic mass is 9.98. The molecule has 0 bridgehead atoms. The topological polar surface area (TPSA) is 119 Å². The Bertz CT molecular complexity index is 489. The van der Waals surface area contributed by atoms with Crippen molar-refractivity contribution < 1.29 is 30.0 Å². The number of carbonyl (C=O) groups is 1. The van der Waals surface area contributed by atoms with Gasteiger partial charge in [-0.15, -0.1) is 0 Å². The summed E-state index contributed by atoms with van der Waals surface area (Å²) in [5.74, 6) is -0.0607. The van der Waals surface area contributed by atoms with Gasteiger partial charge in [0.25, 0.3) is 0 Å². The first-order valence-corrected chi connectivity index (χ1v) is 6.62. The van der Waals surface area contributed by atoms with E-state index < -0.39 is 37.3 Å². The summed E-state index contributed by atoms with van der Waals surface area (Å²) in [6, 6.07) is 6.51. The van der Waals surface area contributed by atoms with E-state index >= 15 is 0 Å². The number of benzene rings is 1. The van der Waals surface area contributed by atoms with Gasteiger partial charge in [0, 0.05) is 11.3 Å². The Labute approximate surface area is 121 Å². The maximum atomic E-state index is 11.2. The number of ether oxygens (including phenoxy) is 1. The van der Waals surface area contributed by atoms with Crippen LogP contribution in [0.3, 0.4) is 0 Å². The Morgan fingerprint density at radius 1 is 1.14 bits per heavy atom. The Kier molecular flexibility index (Phi) is 4.92. The van der Waals surface area contributed by atoms with Gasteiger partial charge in [-0.25, -0.2) is 0 Å². The summed E-state index contributed by atoms with van der Waals surface area (Å²) in [6.45, 7) is 0.979. The summed E-state index contributed by atoms with van der Waals surface area (Å²) in [5.41, 5.74) is 1.12. The minimum absolute atomic E-state index is 0.0607. The van der Waals surface area contributed by atoms with Crippen LogP contribution in [0.2, 0.25) is 0 Å². The maximum Gasteiger partial charge on any atom is 0.159 e. The minimum Gasteiger partial charge on any atom is -0.394 e. The monoisotopic (exact) mass is 297 g/mol. The molecule has 7 nitrogen and oxygen atoms in total. The van der Waals surface area contributed by atoms with Crippen molar-refractivity contribution in [3.8, 4) is 0 Å². The van der Waals surface area contributed by atoms with Gasteiger partial charge in [-0.2, -0.15) is 0 Å². The molecule has 0 spiro atoms. The predicted molar refractivity (Wildman–Crippen MR) is 73.8 cm³/mol. The van der Waals surface area contributed by atoms with Crippen LogP contribution in [0.15, 0.2) is 24.3 Å². The third-order valence-electron chi connectivity index (χ3n) is 3.49. The highest BCUT2D eigenvalue weighted by Crippen LogP contribution is 2.23.